The van der Waals surface area contributed by atoms with Gasteiger partial charge in [-0.25, -0.2) is 4.39 Å². The molecule has 0 unspecified atom stereocenters. The SMILES string of the molecule is NC[C@H]1CCc2cc(F)cc(-c3c(C(F)(F)F)cccc3C(F)(F)F)c2O1. The summed E-state index contributed by atoms with van der Waals surface area (Å²) in [5.74, 6) is -1.14. The molecule has 0 saturated carbocycles. The lowest BCUT2D eigenvalue weighted by Crippen LogP contribution is -2.31. The van der Waals surface area contributed by atoms with Crippen molar-refractivity contribution in [1.29, 1.82) is 0 Å². The van der Waals surface area contributed by atoms with Gasteiger partial charge in [0.15, 0.2) is 0 Å². The molecule has 0 aromatic heterocycles. The molecule has 0 bridgehead atoms. The van der Waals surface area contributed by atoms with Gasteiger partial charge in [0, 0.05) is 17.7 Å². The second-order valence-electron chi connectivity index (χ2n) is 6.18. The Morgan fingerprint density at radius 1 is 1.00 bits per heavy atom. The molecule has 0 saturated heterocycles. The van der Waals surface area contributed by atoms with Gasteiger partial charge in [0.2, 0.25) is 0 Å². The number of halogens is 7. The van der Waals surface area contributed by atoms with Crippen LogP contribution in [0.5, 0.6) is 5.75 Å². The van der Waals surface area contributed by atoms with Crippen LogP contribution in [0, 0.1) is 5.82 Å². The molecule has 2 N–H and O–H groups in total. The molecule has 0 spiro atoms. The zero-order chi connectivity index (χ0) is 20.0. The zero-order valence-corrected chi connectivity index (χ0v) is 13.7. The van der Waals surface area contributed by atoms with Crippen LogP contribution in [0.3, 0.4) is 0 Å². The molecule has 1 atom stereocenters. The summed E-state index contributed by atoms with van der Waals surface area (Å²) in [5.41, 5.74) is 0.978. The highest BCUT2D eigenvalue weighted by Crippen LogP contribution is 2.48. The van der Waals surface area contributed by atoms with Gasteiger partial charge >= 0.3 is 12.4 Å². The lowest BCUT2D eigenvalue weighted by Gasteiger charge is -2.29. The largest absolute Gasteiger partial charge is 0.488 e. The fraction of sp³-hybridized carbons (Fsp3) is 0.333. The first kappa shape index (κ1) is 19.5. The standard InChI is InChI=1S/C18H14F7NO/c19-10-6-9-4-5-11(8-26)27-16(9)12(7-10)15-13(17(20,21)22)2-1-3-14(15)18(23,24)25/h1-3,6-7,11H,4-5,8,26H2/t11-/m1/s1. The highest BCUT2D eigenvalue weighted by Gasteiger charge is 2.42. The fourth-order valence-corrected chi connectivity index (χ4v) is 3.18. The molecule has 27 heavy (non-hydrogen) atoms. The normalized spacial score (nSPS) is 17.4. The van der Waals surface area contributed by atoms with Crippen molar-refractivity contribution in [2.75, 3.05) is 6.54 Å². The van der Waals surface area contributed by atoms with Gasteiger partial charge in [-0.1, -0.05) is 6.07 Å². The second kappa shape index (κ2) is 6.70. The van der Waals surface area contributed by atoms with E-state index >= 15 is 0 Å². The summed E-state index contributed by atoms with van der Waals surface area (Å²) in [6.07, 6.45) is -10.1. The van der Waals surface area contributed by atoms with E-state index in [1.165, 1.54) is 0 Å². The van der Waals surface area contributed by atoms with Crippen molar-refractivity contribution in [3.05, 3.63) is 52.8 Å². The molecule has 1 aliphatic heterocycles. The maximum atomic E-state index is 14.0. The van der Waals surface area contributed by atoms with E-state index in [-0.39, 0.29) is 24.3 Å². The van der Waals surface area contributed by atoms with Gasteiger partial charge in [-0.3, -0.25) is 0 Å². The third kappa shape index (κ3) is 3.73. The monoisotopic (exact) mass is 393 g/mol. The Bertz CT molecular complexity index is 826. The Balaban J connectivity index is 2.36. The maximum Gasteiger partial charge on any atom is 0.417 e. The van der Waals surface area contributed by atoms with Crippen LogP contribution in [-0.2, 0) is 18.8 Å². The first-order valence-corrected chi connectivity index (χ1v) is 7.99. The van der Waals surface area contributed by atoms with Crippen LogP contribution in [-0.4, -0.2) is 12.6 Å². The third-order valence-electron chi connectivity index (χ3n) is 4.36. The predicted octanol–water partition coefficient (Wildman–Crippen LogP) is 5.18. The maximum absolute atomic E-state index is 14.0. The Morgan fingerprint density at radius 3 is 2.11 bits per heavy atom. The molecule has 146 valence electrons. The van der Waals surface area contributed by atoms with E-state index in [2.05, 4.69) is 0 Å². The Morgan fingerprint density at radius 2 is 1.59 bits per heavy atom. The Kier molecular flexibility index (Phi) is 4.83. The van der Waals surface area contributed by atoms with Crippen molar-refractivity contribution >= 4 is 0 Å². The van der Waals surface area contributed by atoms with Gasteiger partial charge in [-0.2, -0.15) is 26.3 Å². The minimum atomic E-state index is -5.07. The minimum Gasteiger partial charge on any atom is -0.488 e. The number of hydrogen-bond acceptors (Lipinski definition) is 2. The number of fused-ring (bicyclic) bond motifs is 1. The molecule has 0 fully saturated rings. The number of nitrogens with two attached hydrogens (primary N) is 1. The summed E-state index contributed by atoms with van der Waals surface area (Å²) >= 11 is 0. The molecule has 2 aromatic rings. The van der Waals surface area contributed by atoms with Crippen LogP contribution in [0.25, 0.3) is 11.1 Å². The van der Waals surface area contributed by atoms with Crippen molar-refractivity contribution in [3.8, 4) is 16.9 Å². The average Bonchev–Trinajstić information content (AvgIpc) is 2.58. The highest BCUT2D eigenvalue weighted by atomic mass is 19.4. The summed E-state index contributed by atoms with van der Waals surface area (Å²) in [5, 5.41) is 0. The number of ether oxygens (including phenoxy) is 1. The van der Waals surface area contributed by atoms with Gasteiger partial charge in [0.25, 0.3) is 0 Å². The van der Waals surface area contributed by atoms with E-state index in [0.29, 0.717) is 30.7 Å². The number of alkyl halides is 6. The summed E-state index contributed by atoms with van der Waals surface area (Å²) < 4.78 is 100. The van der Waals surface area contributed by atoms with Gasteiger partial charge in [-0.15, -0.1) is 0 Å². The summed E-state index contributed by atoms with van der Waals surface area (Å²) in [4.78, 5) is 0. The topological polar surface area (TPSA) is 35.2 Å². The summed E-state index contributed by atoms with van der Waals surface area (Å²) in [6.45, 7) is 0.0311. The van der Waals surface area contributed by atoms with E-state index < -0.39 is 46.5 Å². The van der Waals surface area contributed by atoms with E-state index in [4.69, 9.17) is 10.5 Å². The predicted molar refractivity (Wildman–Crippen MR) is 83.6 cm³/mol. The molecular weight excluding hydrogens is 379 g/mol. The van der Waals surface area contributed by atoms with Gasteiger partial charge in [0.05, 0.1) is 11.1 Å². The Hall–Kier alpha value is -2.29. The fourth-order valence-electron chi connectivity index (χ4n) is 3.18. The van der Waals surface area contributed by atoms with Crippen molar-refractivity contribution in [3.63, 3.8) is 0 Å². The first-order chi connectivity index (χ1) is 12.5. The quantitative estimate of drug-likeness (QED) is 0.714. The van der Waals surface area contributed by atoms with E-state index in [1.807, 2.05) is 0 Å². The van der Waals surface area contributed by atoms with Crippen molar-refractivity contribution in [1.82, 2.24) is 0 Å². The van der Waals surface area contributed by atoms with Crippen LogP contribution in [0.1, 0.15) is 23.1 Å². The number of aryl methyl sites for hydroxylation is 1. The minimum absolute atomic E-state index is 0.0311. The highest BCUT2D eigenvalue weighted by molar-refractivity contribution is 5.79. The molecule has 0 amide bonds. The average molecular weight is 393 g/mol. The van der Waals surface area contributed by atoms with Crippen LogP contribution in [0.4, 0.5) is 30.7 Å². The van der Waals surface area contributed by atoms with Crippen LogP contribution >= 0.6 is 0 Å². The molecule has 0 aliphatic carbocycles. The van der Waals surface area contributed by atoms with Gasteiger partial charge in [-0.05, 0) is 42.7 Å². The van der Waals surface area contributed by atoms with E-state index in [9.17, 15) is 30.7 Å². The second-order valence-corrected chi connectivity index (χ2v) is 6.18. The number of benzene rings is 2. The lowest BCUT2D eigenvalue weighted by atomic mass is 9.89. The zero-order valence-electron chi connectivity index (χ0n) is 13.7. The molecule has 3 rings (SSSR count). The van der Waals surface area contributed by atoms with E-state index in [0.717, 1.165) is 6.07 Å². The van der Waals surface area contributed by atoms with Crippen LogP contribution in [0.2, 0.25) is 0 Å². The molecule has 9 heteroatoms. The van der Waals surface area contributed by atoms with Gasteiger partial charge in [0.1, 0.15) is 17.7 Å². The van der Waals surface area contributed by atoms with Gasteiger partial charge < -0.3 is 10.5 Å². The first-order valence-electron chi connectivity index (χ1n) is 7.99. The van der Waals surface area contributed by atoms with Crippen LogP contribution < -0.4 is 10.5 Å². The molecule has 1 aliphatic rings. The molecule has 2 aromatic carbocycles. The summed E-state index contributed by atoms with van der Waals surface area (Å²) in [6, 6.07) is 3.42. The smallest absolute Gasteiger partial charge is 0.417 e. The lowest BCUT2D eigenvalue weighted by molar-refractivity contribution is -0.142. The number of hydrogen-bond donors (Lipinski definition) is 1. The molecule has 1 heterocycles. The molecule has 2 nitrogen and oxygen atoms in total. The third-order valence-corrected chi connectivity index (χ3v) is 4.36. The van der Waals surface area contributed by atoms with Crippen LogP contribution in [0.15, 0.2) is 30.3 Å². The van der Waals surface area contributed by atoms with E-state index in [1.54, 1.807) is 0 Å². The molecular formula is C18H14F7NO. The van der Waals surface area contributed by atoms with Crippen molar-refractivity contribution in [2.24, 2.45) is 5.73 Å². The molecule has 0 radical (unpaired) electrons. The van der Waals surface area contributed by atoms with Crippen molar-refractivity contribution < 1.29 is 35.5 Å². The van der Waals surface area contributed by atoms with Crippen molar-refractivity contribution in [2.45, 2.75) is 31.3 Å². The number of rotatable bonds is 2. The Labute approximate surface area is 149 Å². The summed E-state index contributed by atoms with van der Waals surface area (Å²) in [7, 11) is 0.